The largest absolute Gasteiger partial charge is 0.346 e. The third-order valence-corrected chi connectivity index (χ3v) is 4.48. The molecule has 1 unspecified atom stereocenters. The molecule has 0 saturated carbocycles. The SMILES string of the molecule is CCC(=O)Nc1ccc(C(C)NC(=O)c2ccc(Cn3cccn3)cc2)cc1. The van der Waals surface area contributed by atoms with Crippen LogP contribution in [0.15, 0.2) is 67.0 Å². The predicted octanol–water partition coefficient (Wildman–Crippen LogP) is 3.77. The van der Waals surface area contributed by atoms with E-state index in [0.717, 1.165) is 16.8 Å². The van der Waals surface area contributed by atoms with Crippen LogP contribution in [0.5, 0.6) is 0 Å². The highest BCUT2D eigenvalue weighted by Gasteiger charge is 2.12. The Morgan fingerprint density at radius 2 is 1.79 bits per heavy atom. The lowest BCUT2D eigenvalue weighted by atomic mass is 10.1. The fourth-order valence-corrected chi connectivity index (χ4v) is 2.81. The number of aromatic nitrogens is 2. The second-order valence-electron chi connectivity index (χ2n) is 6.62. The topological polar surface area (TPSA) is 76.0 Å². The van der Waals surface area contributed by atoms with Gasteiger partial charge in [-0.2, -0.15) is 5.10 Å². The molecule has 3 aromatic rings. The predicted molar refractivity (Wildman–Crippen MR) is 109 cm³/mol. The Kier molecular flexibility index (Phi) is 6.22. The summed E-state index contributed by atoms with van der Waals surface area (Å²) < 4.78 is 1.84. The Labute approximate surface area is 164 Å². The Morgan fingerprint density at radius 1 is 1.07 bits per heavy atom. The van der Waals surface area contributed by atoms with Crippen molar-refractivity contribution in [2.24, 2.45) is 0 Å². The molecule has 6 heteroatoms. The van der Waals surface area contributed by atoms with Gasteiger partial charge in [-0.25, -0.2) is 0 Å². The van der Waals surface area contributed by atoms with Crippen molar-refractivity contribution in [1.82, 2.24) is 15.1 Å². The average molecular weight is 376 g/mol. The van der Waals surface area contributed by atoms with Crippen molar-refractivity contribution in [3.8, 4) is 0 Å². The second-order valence-corrected chi connectivity index (χ2v) is 6.62. The highest BCUT2D eigenvalue weighted by molar-refractivity contribution is 5.94. The lowest BCUT2D eigenvalue weighted by Crippen LogP contribution is -2.26. The van der Waals surface area contributed by atoms with E-state index in [1.54, 1.807) is 6.20 Å². The normalized spacial score (nSPS) is 11.6. The van der Waals surface area contributed by atoms with Gasteiger partial charge in [0, 0.05) is 30.1 Å². The molecule has 1 aromatic heterocycles. The molecule has 144 valence electrons. The van der Waals surface area contributed by atoms with Crippen LogP contribution in [0.1, 0.15) is 47.8 Å². The van der Waals surface area contributed by atoms with Crippen molar-refractivity contribution < 1.29 is 9.59 Å². The third kappa shape index (κ3) is 5.07. The number of nitrogens with zero attached hydrogens (tertiary/aromatic N) is 2. The number of hydrogen-bond donors (Lipinski definition) is 2. The average Bonchev–Trinajstić information content (AvgIpc) is 3.22. The van der Waals surface area contributed by atoms with Gasteiger partial charge in [-0.3, -0.25) is 14.3 Å². The van der Waals surface area contributed by atoms with Crippen LogP contribution in [0.3, 0.4) is 0 Å². The summed E-state index contributed by atoms with van der Waals surface area (Å²) in [5, 5.41) is 10.0. The number of benzene rings is 2. The molecule has 1 heterocycles. The van der Waals surface area contributed by atoms with Crippen molar-refractivity contribution in [1.29, 1.82) is 0 Å². The molecule has 2 aromatic carbocycles. The van der Waals surface area contributed by atoms with E-state index in [0.29, 0.717) is 18.5 Å². The van der Waals surface area contributed by atoms with Gasteiger partial charge in [0.2, 0.25) is 5.91 Å². The molecule has 0 spiro atoms. The first-order chi connectivity index (χ1) is 13.5. The van der Waals surface area contributed by atoms with Crippen molar-refractivity contribution in [2.75, 3.05) is 5.32 Å². The molecule has 0 aliphatic rings. The van der Waals surface area contributed by atoms with Gasteiger partial charge >= 0.3 is 0 Å². The second kappa shape index (κ2) is 8.99. The third-order valence-electron chi connectivity index (χ3n) is 4.48. The fourth-order valence-electron chi connectivity index (χ4n) is 2.81. The standard InChI is InChI=1S/C22H24N4O2/c1-3-21(27)25-20-11-9-18(10-12-20)16(2)24-22(28)19-7-5-17(6-8-19)15-26-14-4-13-23-26/h4-14,16H,3,15H2,1-2H3,(H,24,28)(H,25,27). The van der Waals surface area contributed by atoms with E-state index in [1.165, 1.54) is 0 Å². The highest BCUT2D eigenvalue weighted by atomic mass is 16.2. The summed E-state index contributed by atoms with van der Waals surface area (Å²) in [6.07, 6.45) is 4.09. The summed E-state index contributed by atoms with van der Waals surface area (Å²) >= 11 is 0. The maximum Gasteiger partial charge on any atom is 0.251 e. The number of anilines is 1. The Hall–Kier alpha value is -3.41. The molecular weight excluding hydrogens is 352 g/mol. The summed E-state index contributed by atoms with van der Waals surface area (Å²) in [6.45, 7) is 4.42. The summed E-state index contributed by atoms with van der Waals surface area (Å²) in [4.78, 5) is 24.0. The highest BCUT2D eigenvalue weighted by Crippen LogP contribution is 2.17. The Bertz CT molecular complexity index is 916. The first-order valence-corrected chi connectivity index (χ1v) is 9.32. The van der Waals surface area contributed by atoms with E-state index in [1.807, 2.05) is 79.3 Å². The molecule has 2 N–H and O–H groups in total. The molecule has 0 aliphatic carbocycles. The monoisotopic (exact) mass is 376 g/mol. The molecule has 2 amide bonds. The molecule has 0 fully saturated rings. The molecule has 0 saturated heterocycles. The van der Waals surface area contributed by atoms with Gasteiger partial charge in [0.05, 0.1) is 12.6 Å². The smallest absolute Gasteiger partial charge is 0.251 e. The number of carbonyl (C=O) groups excluding carboxylic acids is 2. The van der Waals surface area contributed by atoms with Crippen molar-refractivity contribution in [3.63, 3.8) is 0 Å². The maximum absolute atomic E-state index is 12.5. The first-order valence-electron chi connectivity index (χ1n) is 9.32. The van der Waals surface area contributed by atoms with Gasteiger partial charge in [-0.05, 0) is 48.4 Å². The van der Waals surface area contributed by atoms with Crippen LogP contribution < -0.4 is 10.6 Å². The van der Waals surface area contributed by atoms with Crippen LogP contribution in [-0.2, 0) is 11.3 Å². The number of hydrogen-bond acceptors (Lipinski definition) is 3. The van der Waals surface area contributed by atoms with Gasteiger partial charge in [-0.1, -0.05) is 31.2 Å². The minimum absolute atomic E-state index is 0.0231. The minimum atomic E-state index is -0.146. The molecule has 1 atom stereocenters. The Morgan fingerprint density at radius 3 is 2.39 bits per heavy atom. The van der Waals surface area contributed by atoms with Crippen LogP contribution in [0.25, 0.3) is 0 Å². The van der Waals surface area contributed by atoms with Gasteiger partial charge < -0.3 is 10.6 Å². The van der Waals surface area contributed by atoms with Gasteiger partial charge in [0.15, 0.2) is 0 Å². The molecule has 0 radical (unpaired) electrons. The van der Waals surface area contributed by atoms with Crippen LogP contribution in [0, 0.1) is 0 Å². The lowest BCUT2D eigenvalue weighted by Gasteiger charge is -2.15. The van der Waals surface area contributed by atoms with E-state index in [-0.39, 0.29) is 17.9 Å². The van der Waals surface area contributed by atoms with Crippen molar-refractivity contribution in [2.45, 2.75) is 32.9 Å². The maximum atomic E-state index is 12.5. The van der Waals surface area contributed by atoms with E-state index >= 15 is 0 Å². The van der Waals surface area contributed by atoms with Crippen LogP contribution >= 0.6 is 0 Å². The van der Waals surface area contributed by atoms with Gasteiger partial charge in [0.1, 0.15) is 0 Å². The molecule has 0 aliphatic heterocycles. The number of rotatable bonds is 7. The van der Waals surface area contributed by atoms with Crippen molar-refractivity contribution >= 4 is 17.5 Å². The zero-order valence-electron chi connectivity index (χ0n) is 16.1. The summed E-state index contributed by atoms with van der Waals surface area (Å²) in [5.74, 6) is -0.147. The molecule has 28 heavy (non-hydrogen) atoms. The quantitative estimate of drug-likeness (QED) is 0.659. The van der Waals surface area contributed by atoms with E-state index in [2.05, 4.69) is 15.7 Å². The van der Waals surface area contributed by atoms with Crippen molar-refractivity contribution in [3.05, 3.63) is 83.7 Å². The van der Waals surface area contributed by atoms with Crippen LogP contribution in [0.4, 0.5) is 5.69 Å². The molecule has 3 rings (SSSR count). The zero-order chi connectivity index (χ0) is 19.9. The summed E-state index contributed by atoms with van der Waals surface area (Å²) in [6, 6.07) is 16.8. The van der Waals surface area contributed by atoms with E-state index in [4.69, 9.17) is 0 Å². The fraction of sp³-hybridized carbons (Fsp3) is 0.227. The van der Waals surface area contributed by atoms with E-state index < -0.39 is 0 Å². The molecular formula is C22H24N4O2. The zero-order valence-corrected chi connectivity index (χ0v) is 16.1. The molecule has 6 nitrogen and oxygen atoms in total. The summed E-state index contributed by atoms with van der Waals surface area (Å²) in [5.41, 5.74) is 3.42. The lowest BCUT2D eigenvalue weighted by molar-refractivity contribution is -0.115. The van der Waals surface area contributed by atoms with Gasteiger partial charge in [-0.15, -0.1) is 0 Å². The van der Waals surface area contributed by atoms with Crippen LogP contribution in [-0.4, -0.2) is 21.6 Å². The number of carbonyl (C=O) groups is 2. The van der Waals surface area contributed by atoms with Gasteiger partial charge in [0.25, 0.3) is 5.91 Å². The number of amides is 2. The summed E-state index contributed by atoms with van der Waals surface area (Å²) in [7, 11) is 0. The minimum Gasteiger partial charge on any atom is -0.346 e. The first kappa shape index (κ1) is 19.4. The van der Waals surface area contributed by atoms with E-state index in [9.17, 15) is 9.59 Å². The molecule has 0 bridgehead atoms. The van der Waals surface area contributed by atoms with Crippen LogP contribution in [0.2, 0.25) is 0 Å². The Balaban J connectivity index is 1.58. The number of nitrogens with one attached hydrogen (secondary N) is 2.